The molecule has 110 valence electrons. The first-order valence-corrected chi connectivity index (χ1v) is 7.28. The summed E-state index contributed by atoms with van der Waals surface area (Å²) in [6, 6.07) is 0. The molecule has 0 spiro atoms. The smallest absolute Gasteiger partial charge is 0.133 e. The summed E-state index contributed by atoms with van der Waals surface area (Å²) in [6.07, 6.45) is 5.65. The minimum absolute atomic E-state index is 0.0725. The molecule has 2 N–H and O–H groups in total. The first-order chi connectivity index (χ1) is 9.40. The van der Waals surface area contributed by atoms with Crippen LogP contribution in [0.3, 0.4) is 0 Å². The predicted octanol–water partition coefficient (Wildman–Crippen LogP) is 3.06. The molecule has 20 heavy (non-hydrogen) atoms. The van der Waals surface area contributed by atoms with E-state index in [0.29, 0.717) is 0 Å². The molecule has 0 unspecified atom stereocenters. The van der Waals surface area contributed by atoms with Crippen LogP contribution >= 0.6 is 0 Å². The van der Waals surface area contributed by atoms with Crippen LogP contribution in [0.15, 0.2) is 12.5 Å². The van der Waals surface area contributed by atoms with Crippen LogP contribution in [0.2, 0.25) is 0 Å². The first kappa shape index (κ1) is 14.6. The van der Waals surface area contributed by atoms with Crippen molar-refractivity contribution in [3.63, 3.8) is 0 Å². The van der Waals surface area contributed by atoms with Crippen LogP contribution < -0.4 is 5.73 Å². The van der Waals surface area contributed by atoms with Gasteiger partial charge in [0, 0.05) is 18.5 Å². The standard InChI is InChI=1S/C15H25N5/c1-6-8-12-18-13(11-9-17-10-19(11)7-2)14(16)20(12)15(3,4)5/h9-10H,6-8,16H2,1-5H3. The molecule has 2 aromatic rings. The monoisotopic (exact) mass is 275 g/mol. The van der Waals surface area contributed by atoms with Crippen LogP contribution in [-0.4, -0.2) is 19.1 Å². The zero-order chi connectivity index (χ0) is 14.9. The van der Waals surface area contributed by atoms with Gasteiger partial charge in [-0.05, 0) is 34.1 Å². The summed E-state index contributed by atoms with van der Waals surface area (Å²) in [5.41, 5.74) is 8.16. The minimum Gasteiger partial charge on any atom is -0.383 e. The maximum Gasteiger partial charge on any atom is 0.133 e. The Bertz CT molecular complexity index is 586. The van der Waals surface area contributed by atoms with Crippen LogP contribution in [0, 0.1) is 0 Å². The highest BCUT2D eigenvalue weighted by molar-refractivity contribution is 5.68. The van der Waals surface area contributed by atoms with Crippen molar-refractivity contribution in [1.29, 1.82) is 0 Å². The van der Waals surface area contributed by atoms with E-state index in [-0.39, 0.29) is 5.54 Å². The van der Waals surface area contributed by atoms with Crippen molar-refractivity contribution in [1.82, 2.24) is 19.1 Å². The fourth-order valence-corrected chi connectivity index (χ4v) is 2.58. The molecule has 2 aromatic heterocycles. The topological polar surface area (TPSA) is 61.7 Å². The molecule has 2 rings (SSSR count). The van der Waals surface area contributed by atoms with Gasteiger partial charge in [-0.3, -0.25) is 0 Å². The van der Waals surface area contributed by atoms with Gasteiger partial charge in [-0.25, -0.2) is 9.97 Å². The van der Waals surface area contributed by atoms with E-state index in [9.17, 15) is 0 Å². The lowest BCUT2D eigenvalue weighted by molar-refractivity contribution is 0.387. The third-order valence-electron chi connectivity index (χ3n) is 3.42. The molecular weight excluding hydrogens is 250 g/mol. The molecule has 2 heterocycles. The van der Waals surface area contributed by atoms with Crippen LogP contribution in [0.1, 0.15) is 46.9 Å². The molecule has 0 saturated carbocycles. The Balaban J connectivity index is 2.61. The number of nitrogen functional groups attached to an aromatic ring is 1. The molecule has 0 amide bonds. The van der Waals surface area contributed by atoms with Gasteiger partial charge in [0.05, 0.1) is 18.2 Å². The van der Waals surface area contributed by atoms with Gasteiger partial charge in [-0.1, -0.05) is 6.92 Å². The van der Waals surface area contributed by atoms with E-state index >= 15 is 0 Å². The second-order valence-corrected chi connectivity index (χ2v) is 6.08. The van der Waals surface area contributed by atoms with E-state index in [4.69, 9.17) is 10.7 Å². The Hall–Kier alpha value is -1.78. The average molecular weight is 275 g/mol. The summed E-state index contributed by atoms with van der Waals surface area (Å²) in [5.74, 6) is 1.78. The largest absolute Gasteiger partial charge is 0.383 e. The van der Waals surface area contributed by atoms with Crippen molar-refractivity contribution < 1.29 is 0 Å². The van der Waals surface area contributed by atoms with E-state index in [1.807, 2.05) is 12.5 Å². The summed E-state index contributed by atoms with van der Waals surface area (Å²) in [4.78, 5) is 9.01. The molecule has 5 heteroatoms. The van der Waals surface area contributed by atoms with Gasteiger partial charge >= 0.3 is 0 Å². The molecule has 0 aliphatic carbocycles. The van der Waals surface area contributed by atoms with Gasteiger partial charge in [0.2, 0.25) is 0 Å². The number of nitrogens with zero attached hydrogens (tertiary/aromatic N) is 4. The molecular formula is C15H25N5. The number of anilines is 1. The second kappa shape index (κ2) is 5.31. The summed E-state index contributed by atoms with van der Waals surface area (Å²) < 4.78 is 4.22. The van der Waals surface area contributed by atoms with Crippen LogP contribution in [-0.2, 0) is 18.5 Å². The third-order valence-corrected chi connectivity index (χ3v) is 3.42. The molecule has 5 nitrogen and oxygen atoms in total. The predicted molar refractivity (Wildman–Crippen MR) is 82.5 cm³/mol. The van der Waals surface area contributed by atoms with Gasteiger partial charge in [0.1, 0.15) is 17.3 Å². The zero-order valence-electron chi connectivity index (χ0n) is 13.1. The van der Waals surface area contributed by atoms with Gasteiger partial charge in [-0.15, -0.1) is 0 Å². The lowest BCUT2D eigenvalue weighted by atomic mass is 10.1. The number of hydrogen-bond acceptors (Lipinski definition) is 3. The maximum atomic E-state index is 6.39. The molecule has 0 aromatic carbocycles. The SMILES string of the molecule is CCCc1nc(-c2cncn2CC)c(N)n1C(C)(C)C. The average Bonchev–Trinajstić information content (AvgIpc) is 2.92. The van der Waals surface area contributed by atoms with Crippen molar-refractivity contribution in [3.05, 3.63) is 18.3 Å². The van der Waals surface area contributed by atoms with Crippen molar-refractivity contribution in [3.8, 4) is 11.4 Å². The van der Waals surface area contributed by atoms with Crippen molar-refractivity contribution in [2.45, 2.75) is 59.5 Å². The summed E-state index contributed by atoms with van der Waals surface area (Å²) in [7, 11) is 0. The third kappa shape index (κ3) is 2.44. The highest BCUT2D eigenvalue weighted by atomic mass is 15.2. The quantitative estimate of drug-likeness (QED) is 0.932. The summed E-state index contributed by atoms with van der Waals surface area (Å²) in [5, 5.41) is 0. The van der Waals surface area contributed by atoms with Crippen molar-refractivity contribution in [2.75, 3.05) is 5.73 Å². The fourth-order valence-electron chi connectivity index (χ4n) is 2.58. The minimum atomic E-state index is -0.0725. The highest BCUT2D eigenvalue weighted by Crippen LogP contribution is 2.31. The number of rotatable bonds is 4. The Labute approximate surface area is 120 Å². The number of aromatic nitrogens is 4. The van der Waals surface area contributed by atoms with Crippen molar-refractivity contribution >= 4 is 5.82 Å². The van der Waals surface area contributed by atoms with Gasteiger partial charge in [-0.2, -0.15) is 0 Å². The Morgan fingerprint density at radius 2 is 1.95 bits per heavy atom. The number of aryl methyl sites for hydroxylation is 2. The van der Waals surface area contributed by atoms with Crippen molar-refractivity contribution in [2.24, 2.45) is 0 Å². The van der Waals surface area contributed by atoms with Crippen LogP contribution in [0.5, 0.6) is 0 Å². The van der Waals surface area contributed by atoms with Gasteiger partial charge in [0.15, 0.2) is 0 Å². The number of hydrogen-bond donors (Lipinski definition) is 1. The Morgan fingerprint density at radius 1 is 1.25 bits per heavy atom. The molecule has 0 bridgehead atoms. The molecule has 0 aliphatic rings. The second-order valence-electron chi connectivity index (χ2n) is 6.08. The van der Waals surface area contributed by atoms with Gasteiger partial charge < -0.3 is 14.9 Å². The van der Waals surface area contributed by atoms with Gasteiger partial charge in [0.25, 0.3) is 0 Å². The first-order valence-electron chi connectivity index (χ1n) is 7.28. The molecule has 0 fully saturated rings. The molecule has 0 saturated heterocycles. The Kier molecular flexibility index (Phi) is 3.88. The highest BCUT2D eigenvalue weighted by Gasteiger charge is 2.25. The van der Waals surface area contributed by atoms with Crippen LogP contribution in [0.25, 0.3) is 11.4 Å². The maximum absolute atomic E-state index is 6.39. The normalized spacial score (nSPS) is 12.1. The number of nitrogens with two attached hydrogens (primary N) is 1. The summed E-state index contributed by atoms with van der Waals surface area (Å²) >= 11 is 0. The molecule has 0 aliphatic heterocycles. The molecule has 0 radical (unpaired) electrons. The molecule has 0 atom stereocenters. The lowest BCUT2D eigenvalue weighted by Crippen LogP contribution is -2.25. The fraction of sp³-hybridized carbons (Fsp3) is 0.600. The summed E-state index contributed by atoms with van der Waals surface area (Å²) in [6.45, 7) is 11.6. The van der Waals surface area contributed by atoms with E-state index in [2.05, 4.69) is 48.7 Å². The van der Waals surface area contributed by atoms with E-state index in [1.54, 1.807) is 0 Å². The number of imidazole rings is 2. The van der Waals surface area contributed by atoms with E-state index in [0.717, 1.165) is 42.4 Å². The lowest BCUT2D eigenvalue weighted by Gasteiger charge is -2.25. The van der Waals surface area contributed by atoms with Crippen LogP contribution in [0.4, 0.5) is 5.82 Å². The van der Waals surface area contributed by atoms with E-state index in [1.165, 1.54) is 0 Å². The Morgan fingerprint density at radius 3 is 2.50 bits per heavy atom. The van der Waals surface area contributed by atoms with E-state index < -0.39 is 0 Å². The zero-order valence-corrected chi connectivity index (χ0v) is 13.1.